The molecule has 29 heavy (non-hydrogen) atoms. The maximum absolute atomic E-state index is 13.8. The van der Waals surface area contributed by atoms with Crippen LogP contribution in [0.1, 0.15) is 23.1 Å². The first-order valence-corrected chi connectivity index (χ1v) is 9.09. The molecule has 8 heteroatoms. The SMILES string of the molecule is FC(F)(F)c1c(-c2ccccc2)noc1-c1nc(-c2ccc3c(c2)CCC3)no1. The van der Waals surface area contributed by atoms with Crippen molar-refractivity contribution >= 4 is 0 Å². The molecule has 0 saturated carbocycles. The van der Waals surface area contributed by atoms with Crippen molar-refractivity contribution in [3.05, 3.63) is 65.2 Å². The van der Waals surface area contributed by atoms with E-state index in [1.165, 1.54) is 23.3 Å². The van der Waals surface area contributed by atoms with Crippen LogP contribution >= 0.6 is 0 Å². The van der Waals surface area contributed by atoms with Gasteiger partial charge in [0.1, 0.15) is 11.3 Å². The second-order valence-electron chi connectivity index (χ2n) is 6.86. The third kappa shape index (κ3) is 3.10. The summed E-state index contributed by atoms with van der Waals surface area (Å²) >= 11 is 0. The number of aromatic nitrogens is 3. The first-order valence-electron chi connectivity index (χ1n) is 9.09. The van der Waals surface area contributed by atoms with Gasteiger partial charge in [-0.3, -0.25) is 0 Å². The Morgan fingerprint density at radius 2 is 1.62 bits per heavy atom. The summed E-state index contributed by atoms with van der Waals surface area (Å²) in [5.74, 6) is -0.737. The number of alkyl halides is 3. The van der Waals surface area contributed by atoms with Crippen molar-refractivity contribution in [2.24, 2.45) is 0 Å². The lowest BCUT2D eigenvalue weighted by molar-refractivity contribution is -0.136. The van der Waals surface area contributed by atoms with Crippen LogP contribution in [0.5, 0.6) is 0 Å². The molecule has 0 bridgehead atoms. The standard InChI is InChI=1S/C21H14F3N3O2/c22-21(23,24)16-17(13-5-2-1-3-6-13)26-28-18(16)20-25-19(27-29-20)15-10-9-12-7-4-8-14(12)11-15/h1-3,5-6,9-11H,4,7-8H2. The number of nitrogens with zero attached hydrogens (tertiary/aromatic N) is 3. The van der Waals surface area contributed by atoms with Crippen LogP contribution < -0.4 is 0 Å². The van der Waals surface area contributed by atoms with E-state index < -0.39 is 17.5 Å². The molecule has 0 fully saturated rings. The van der Waals surface area contributed by atoms with Gasteiger partial charge in [-0.25, -0.2) is 0 Å². The molecule has 2 aromatic carbocycles. The normalized spacial score (nSPS) is 13.6. The zero-order chi connectivity index (χ0) is 20.0. The Morgan fingerprint density at radius 3 is 2.41 bits per heavy atom. The zero-order valence-corrected chi connectivity index (χ0v) is 15.0. The predicted molar refractivity (Wildman–Crippen MR) is 97.7 cm³/mol. The van der Waals surface area contributed by atoms with E-state index >= 15 is 0 Å². The zero-order valence-electron chi connectivity index (χ0n) is 15.0. The Bertz CT molecular complexity index is 1180. The van der Waals surface area contributed by atoms with Gasteiger partial charge in [0.05, 0.1) is 0 Å². The molecule has 4 aromatic rings. The fourth-order valence-electron chi connectivity index (χ4n) is 3.64. The van der Waals surface area contributed by atoms with E-state index in [2.05, 4.69) is 15.3 Å². The molecule has 0 saturated heterocycles. The summed E-state index contributed by atoms with van der Waals surface area (Å²) in [5, 5.41) is 7.49. The Morgan fingerprint density at radius 1 is 0.828 bits per heavy atom. The highest BCUT2D eigenvalue weighted by molar-refractivity contribution is 5.71. The van der Waals surface area contributed by atoms with Gasteiger partial charge in [0.2, 0.25) is 11.6 Å². The van der Waals surface area contributed by atoms with E-state index in [1.807, 2.05) is 18.2 Å². The lowest BCUT2D eigenvalue weighted by Gasteiger charge is -2.06. The number of rotatable bonds is 3. The first-order chi connectivity index (χ1) is 14.0. The number of benzene rings is 2. The van der Waals surface area contributed by atoms with Gasteiger partial charge in [-0.2, -0.15) is 18.2 Å². The average Bonchev–Trinajstić information content (AvgIpc) is 3.45. The molecule has 2 heterocycles. The average molecular weight is 397 g/mol. The van der Waals surface area contributed by atoms with Crippen LogP contribution in [0, 0.1) is 0 Å². The smallest absolute Gasteiger partial charge is 0.350 e. The number of aryl methyl sites for hydroxylation is 2. The van der Waals surface area contributed by atoms with Gasteiger partial charge >= 0.3 is 6.18 Å². The Balaban J connectivity index is 1.58. The predicted octanol–water partition coefficient (Wildman–Crippen LogP) is 5.57. The van der Waals surface area contributed by atoms with Crippen LogP contribution in [0.4, 0.5) is 13.2 Å². The molecule has 1 aliphatic rings. The topological polar surface area (TPSA) is 65.0 Å². The van der Waals surface area contributed by atoms with E-state index in [0.717, 1.165) is 19.3 Å². The van der Waals surface area contributed by atoms with Crippen molar-refractivity contribution < 1.29 is 22.2 Å². The Labute approximate surface area is 163 Å². The van der Waals surface area contributed by atoms with Gasteiger partial charge < -0.3 is 9.05 Å². The molecule has 0 spiro atoms. The van der Waals surface area contributed by atoms with Gasteiger partial charge in [-0.1, -0.05) is 52.8 Å². The highest BCUT2D eigenvalue weighted by atomic mass is 19.4. The summed E-state index contributed by atoms with van der Waals surface area (Å²) in [6, 6.07) is 13.8. The van der Waals surface area contributed by atoms with Crippen molar-refractivity contribution in [1.82, 2.24) is 15.3 Å². The van der Waals surface area contributed by atoms with Gasteiger partial charge in [-0.15, -0.1) is 0 Å². The van der Waals surface area contributed by atoms with Gasteiger partial charge in [-0.05, 0) is 36.5 Å². The maximum atomic E-state index is 13.8. The van der Waals surface area contributed by atoms with E-state index in [-0.39, 0.29) is 23.0 Å². The lowest BCUT2D eigenvalue weighted by Crippen LogP contribution is -2.07. The summed E-state index contributed by atoms with van der Waals surface area (Å²) in [6.07, 6.45) is -1.62. The van der Waals surface area contributed by atoms with Crippen LogP contribution in [-0.2, 0) is 19.0 Å². The van der Waals surface area contributed by atoms with Crippen LogP contribution in [0.3, 0.4) is 0 Å². The summed E-state index contributed by atoms with van der Waals surface area (Å²) < 4.78 is 51.5. The summed E-state index contributed by atoms with van der Waals surface area (Å²) in [4.78, 5) is 4.15. The third-order valence-electron chi connectivity index (χ3n) is 5.00. The molecule has 0 amide bonds. The molecule has 1 aliphatic carbocycles. The van der Waals surface area contributed by atoms with Crippen molar-refractivity contribution in [2.75, 3.05) is 0 Å². The molecular weight excluding hydrogens is 383 g/mol. The highest BCUT2D eigenvalue weighted by Gasteiger charge is 2.42. The fourth-order valence-corrected chi connectivity index (χ4v) is 3.64. The van der Waals surface area contributed by atoms with Gasteiger partial charge in [0, 0.05) is 11.1 Å². The van der Waals surface area contributed by atoms with E-state index in [0.29, 0.717) is 5.56 Å². The van der Waals surface area contributed by atoms with Crippen LogP contribution in [-0.4, -0.2) is 15.3 Å². The van der Waals surface area contributed by atoms with Crippen molar-refractivity contribution in [3.8, 4) is 34.3 Å². The second kappa shape index (κ2) is 6.58. The third-order valence-corrected chi connectivity index (χ3v) is 5.00. The number of hydrogen-bond donors (Lipinski definition) is 0. The molecule has 0 radical (unpaired) electrons. The largest absolute Gasteiger partial charge is 0.422 e. The monoisotopic (exact) mass is 397 g/mol. The Hall–Kier alpha value is -3.42. The minimum Gasteiger partial charge on any atom is -0.350 e. The van der Waals surface area contributed by atoms with Crippen LogP contribution in [0.2, 0.25) is 0 Å². The van der Waals surface area contributed by atoms with Crippen LogP contribution in [0.15, 0.2) is 57.6 Å². The van der Waals surface area contributed by atoms with E-state index in [9.17, 15) is 13.2 Å². The van der Waals surface area contributed by atoms with Crippen molar-refractivity contribution in [3.63, 3.8) is 0 Å². The first kappa shape index (κ1) is 17.7. The number of halogens is 3. The van der Waals surface area contributed by atoms with Gasteiger partial charge in [0.25, 0.3) is 5.89 Å². The van der Waals surface area contributed by atoms with Crippen LogP contribution in [0.25, 0.3) is 34.3 Å². The van der Waals surface area contributed by atoms with E-state index in [4.69, 9.17) is 9.05 Å². The molecule has 5 nitrogen and oxygen atoms in total. The molecule has 0 atom stereocenters. The second-order valence-corrected chi connectivity index (χ2v) is 6.86. The fraction of sp³-hybridized carbons (Fsp3) is 0.190. The van der Waals surface area contributed by atoms with Crippen molar-refractivity contribution in [2.45, 2.75) is 25.4 Å². The molecule has 0 aliphatic heterocycles. The molecule has 0 unspecified atom stereocenters. The number of hydrogen-bond acceptors (Lipinski definition) is 5. The maximum Gasteiger partial charge on any atom is 0.422 e. The Kier molecular flexibility index (Phi) is 4.01. The molecule has 2 aromatic heterocycles. The lowest BCUT2D eigenvalue weighted by atomic mass is 10.1. The van der Waals surface area contributed by atoms with Gasteiger partial charge in [0.15, 0.2) is 0 Å². The summed E-state index contributed by atoms with van der Waals surface area (Å²) in [7, 11) is 0. The summed E-state index contributed by atoms with van der Waals surface area (Å²) in [6.45, 7) is 0. The number of fused-ring (bicyclic) bond motifs is 1. The highest BCUT2D eigenvalue weighted by Crippen LogP contribution is 2.43. The minimum absolute atomic E-state index is 0.209. The van der Waals surface area contributed by atoms with E-state index in [1.54, 1.807) is 18.2 Å². The van der Waals surface area contributed by atoms with Crippen molar-refractivity contribution in [1.29, 1.82) is 0 Å². The minimum atomic E-state index is -4.71. The molecule has 0 N–H and O–H groups in total. The molecular formula is C21H14F3N3O2. The quantitative estimate of drug-likeness (QED) is 0.452. The molecule has 146 valence electrons. The summed E-state index contributed by atoms with van der Waals surface area (Å²) in [5.41, 5.74) is 2.11. The molecule has 5 rings (SSSR count).